The summed E-state index contributed by atoms with van der Waals surface area (Å²) < 4.78 is 0. The average Bonchev–Trinajstić information content (AvgIpc) is 3.33. The van der Waals surface area contributed by atoms with E-state index in [-0.39, 0.29) is 11.3 Å². The average molecular weight is 415 g/mol. The van der Waals surface area contributed by atoms with Gasteiger partial charge in [-0.05, 0) is 55.4 Å². The molecule has 1 amide bonds. The molecule has 2 aliphatic rings. The molecular weight excluding hydrogens is 388 g/mol. The van der Waals surface area contributed by atoms with Gasteiger partial charge in [0, 0.05) is 34.8 Å². The first-order valence-corrected chi connectivity index (χ1v) is 11.1. The quantitative estimate of drug-likeness (QED) is 0.363. The van der Waals surface area contributed by atoms with E-state index < -0.39 is 17.7 Å². The first-order chi connectivity index (χ1) is 15.1. The number of nitrogens with one attached hydrogen (secondary N) is 1. The Bertz CT molecular complexity index is 1220. The van der Waals surface area contributed by atoms with Gasteiger partial charge in [-0.25, -0.2) is 0 Å². The number of aliphatic hydroxyl groups is 1. The van der Waals surface area contributed by atoms with E-state index in [0.29, 0.717) is 12.1 Å². The Hall–Kier alpha value is -3.34. The number of carbonyl (C=O) groups excluding carboxylic acids is 2. The molecule has 0 saturated carbocycles. The van der Waals surface area contributed by atoms with Gasteiger partial charge in [0.25, 0.3) is 11.7 Å². The Balaban J connectivity index is 1.69. The van der Waals surface area contributed by atoms with Crippen LogP contribution in [0.25, 0.3) is 16.7 Å². The van der Waals surface area contributed by atoms with E-state index in [1.165, 1.54) is 17.5 Å². The molecule has 1 aromatic heterocycles. The summed E-state index contributed by atoms with van der Waals surface area (Å²) >= 11 is 0. The Morgan fingerprint density at radius 3 is 2.68 bits per heavy atom. The van der Waals surface area contributed by atoms with E-state index in [1.54, 1.807) is 4.90 Å². The maximum atomic E-state index is 13.1. The molecule has 1 aliphatic heterocycles. The van der Waals surface area contributed by atoms with Crippen LogP contribution in [0.4, 0.5) is 0 Å². The molecule has 5 rings (SSSR count). The second-order valence-electron chi connectivity index (χ2n) is 8.47. The maximum Gasteiger partial charge on any atom is 0.295 e. The van der Waals surface area contributed by atoms with E-state index in [9.17, 15) is 14.7 Å². The summed E-state index contributed by atoms with van der Waals surface area (Å²) in [6.45, 7) is 2.44. The zero-order valence-electron chi connectivity index (χ0n) is 17.6. The largest absolute Gasteiger partial charge is 0.507 e. The number of para-hydroxylation sites is 1. The van der Waals surface area contributed by atoms with Crippen LogP contribution in [0.3, 0.4) is 0 Å². The molecule has 1 saturated heterocycles. The number of H-pyrrole nitrogens is 1. The van der Waals surface area contributed by atoms with Crippen molar-refractivity contribution in [3.05, 3.63) is 76.5 Å². The van der Waals surface area contributed by atoms with Gasteiger partial charge in [0.05, 0.1) is 11.6 Å². The number of amides is 1. The molecule has 1 unspecified atom stereocenters. The molecule has 0 spiro atoms. The van der Waals surface area contributed by atoms with Crippen LogP contribution in [0.1, 0.15) is 54.5 Å². The van der Waals surface area contributed by atoms with Crippen LogP contribution in [0.2, 0.25) is 0 Å². The number of aliphatic hydroxyl groups excluding tert-OH is 1. The standard InChI is InChI=1S/C26H26N2O3/c1-2-13-28-23(20-15-27-21-10-6-5-9-19(20)21)22(25(30)26(28)31)24(29)18-12-11-16-7-3-4-8-17(16)14-18/h5-6,9-12,14-15,23,27,29H,2-4,7-8,13H2,1H3/b24-22+. The van der Waals surface area contributed by atoms with Crippen molar-refractivity contribution in [3.8, 4) is 0 Å². The lowest BCUT2D eigenvalue weighted by atomic mass is 9.88. The van der Waals surface area contributed by atoms with Crippen LogP contribution in [0, 0.1) is 0 Å². The van der Waals surface area contributed by atoms with Gasteiger partial charge in [-0.2, -0.15) is 0 Å². The monoisotopic (exact) mass is 414 g/mol. The predicted octanol–water partition coefficient (Wildman–Crippen LogP) is 4.88. The van der Waals surface area contributed by atoms with Gasteiger partial charge >= 0.3 is 0 Å². The topological polar surface area (TPSA) is 73.4 Å². The number of Topliss-reactive ketones (excluding diaryl/α,β-unsaturated/α-hetero) is 1. The minimum Gasteiger partial charge on any atom is -0.507 e. The first-order valence-electron chi connectivity index (χ1n) is 11.1. The summed E-state index contributed by atoms with van der Waals surface area (Å²) in [6.07, 6.45) is 6.92. The lowest BCUT2D eigenvalue weighted by molar-refractivity contribution is -0.139. The molecule has 1 fully saturated rings. The van der Waals surface area contributed by atoms with Gasteiger partial charge in [-0.1, -0.05) is 37.3 Å². The molecule has 0 bridgehead atoms. The Kier molecular flexibility index (Phi) is 4.89. The number of nitrogens with zero attached hydrogens (tertiary/aromatic N) is 1. The van der Waals surface area contributed by atoms with Crippen molar-refractivity contribution in [2.75, 3.05) is 6.54 Å². The zero-order valence-corrected chi connectivity index (χ0v) is 17.6. The van der Waals surface area contributed by atoms with Crippen molar-refractivity contribution in [2.24, 2.45) is 0 Å². The van der Waals surface area contributed by atoms with Crippen LogP contribution in [-0.2, 0) is 22.4 Å². The molecule has 5 heteroatoms. The zero-order chi connectivity index (χ0) is 21.5. The molecule has 158 valence electrons. The van der Waals surface area contributed by atoms with Crippen LogP contribution in [0.5, 0.6) is 0 Å². The number of benzene rings is 2. The molecule has 31 heavy (non-hydrogen) atoms. The van der Waals surface area contributed by atoms with Crippen LogP contribution < -0.4 is 0 Å². The van der Waals surface area contributed by atoms with Crippen molar-refractivity contribution >= 4 is 28.4 Å². The van der Waals surface area contributed by atoms with E-state index in [2.05, 4.69) is 4.98 Å². The third-order valence-corrected chi connectivity index (χ3v) is 6.54. The van der Waals surface area contributed by atoms with Crippen molar-refractivity contribution in [1.82, 2.24) is 9.88 Å². The van der Waals surface area contributed by atoms with Gasteiger partial charge in [0.15, 0.2) is 0 Å². The normalized spacial score (nSPS) is 20.4. The lowest BCUT2D eigenvalue weighted by Crippen LogP contribution is -2.30. The number of aromatic amines is 1. The molecule has 3 aromatic rings. The molecule has 2 heterocycles. The highest BCUT2D eigenvalue weighted by molar-refractivity contribution is 6.46. The van der Waals surface area contributed by atoms with Gasteiger partial charge in [-0.3, -0.25) is 9.59 Å². The summed E-state index contributed by atoms with van der Waals surface area (Å²) in [7, 11) is 0. The van der Waals surface area contributed by atoms with Crippen molar-refractivity contribution in [1.29, 1.82) is 0 Å². The lowest BCUT2D eigenvalue weighted by Gasteiger charge is -2.24. The Labute approximate surface area is 181 Å². The van der Waals surface area contributed by atoms with Crippen molar-refractivity contribution in [3.63, 3.8) is 0 Å². The van der Waals surface area contributed by atoms with Crippen LogP contribution >= 0.6 is 0 Å². The fourth-order valence-corrected chi connectivity index (χ4v) is 5.03. The molecule has 2 aromatic carbocycles. The minimum absolute atomic E-state index is 0.0828. The second kappa shape index (κ2) is 7.73. The number of likely N-dealkylation sites (tertiary alicyclic amines) is 1. The number of hydrogen-bond donors (Lipinski definition) is 2. The summed E-state index contributed by atoms with van der Waals surface area (Å²) in [5, 5.41) is 12.3. The Morgan fingerprint density at radius 1 is 1.10 bits per heavy atom. The first kappa shape index (κ1) is 19.6. The van der Waals surface area contributed by atoms with E-state index in [0.717, 1.165) is 42.1 Å². The second-order valence-corrected chi connectivity index (χ2v) is 8.47. The number of carbonyl (C=O) groups is 2. The highest BCUT2D eigenvalue weighted by Gasteiger charge is 2.46. The summed E-state index contributed by atoms with van der Waals surface area (Å²) in [5.41, 5.74) is 5.10. The fourth-order valence-electron chi connectivity index (χ4n) is 5.03. The third kappa shape index (κ3) is 3.16. The van der Waals surface area contributed by atoms with Gasteiger partial charge < -0.3 is 15.0 Å². The summed E-state index contributed by atoms with van der Waals surface area (Å²) in [5.74, 6) is -1.24. The number of fused-ring (bicyclic) bond motifs is 2. The number of hydrogen-bond acceptors (Lipinski definition) is 3. The van der Waals surface area contributed by atoms with Crippen molar-refractivity contribution in [2.45, 2.75) is 45.1 Å². The van der Waals surface area contributed by atoms with E-state index >= 15 is 0 Å². The van der Waals surface area contributed by atoms with Crippen molar-refractivity contribution < 1.29 is 14.7 Å². The summed E-state index contributed by atoms with van der Waals surface area (Å²) in [6, 6.07) is 13.1. The molecule has 2 N–H and O–H groups in total. The van der Waals surface area contributed by atoms with E-state index in [1.807, 2.05) is 55.6 Å². The van der Waals surface area contributed by atoms with Gasteiger partial charge in [0.2, 0.25) is 0 Å². The van der Waals surface area contributed by atoms with Crippen LogP contribution in [-0.4, -0.2) is 33.2 Å². The van der Waals surface area contributed by atoms with Gasteiger partial charge in [-0.15, -0.1) is 0 Å². The fraction of sp³-hybridized carbons (Fsp3) is 0.308. The molecule has 0 radical (unpaired) electrons. The van der Waals surface area contributed by atoms with Gasteiger partial charge in [0.1, 0.15) is 5.76 Å². The highest BCUT2D eigenvalue weighted by atomic mass is 16.3. The SMILES string of the molecule is CCCN1C(=O)C(=O)/C(=C(/O)c2ccc3c(c2)CCCC3)C1c1c[nH]c2ccccc12. The maximum absolute atomic E-state index is 13.1. The Morgan fingerprint density at radius 2 is 1.87 bits per heavy atom. The number of aryl methyl sites for hydroxylation is 2. The minimum atomic E-state index is -0.612. The van der Waals surface area contributed by atoms with E-state index in [4.69, 9.17) is 0 Å². The molecule has 1 aliphatic carbocycles. The van der Waals surface area contributed by atoms with Crippen LogP contribution in [0.15, 0.2) is 54.2 Å². The molecular formula is C26H26N2O3. The number of rotatable bonds is 4. The highest BCUT2D eigenvalue weighted by Crippen LogP contribution is 2.42. The predicted molar refractivity (Wildman–Crippen MR) is 121 cm³/mol. The number of ketones is 1. The number of aromatic nitrogens is 1. The molecule has 5 nitrogen and oxygen atoms in total. The third-order valence-electron chi connectivity index (χ3n) is 6.54. The molecule has 1 atom stereocenters. The smallest absolute Gasteiger partial charge is 0.295 e. The summed E-state index contributed by atoms with van der Waals surface area (Å²) in [4.78, 5) is 30.9.